The number of hydrogen-bond acceptors (Lipinski definition) is 1. The van der Waals surface area contributed by atoms with Crippen molar-refractivity contribution in [3.63, 3.8) is 0 Å². The van der Waals surface area contributed by atoms with E-state index in [1.807, 2.05) is 6.07 Å². The summed E-state index contributed by atoms with van der Waals surface area (Å²) >= 11 is 0. The van der Waals surface area contributed by atoms with Crippen molar-refractivity contribution in [3.8, 4) is 12.0 Å². The second kappa shape index (κ2) is 10.6. The average Bonchev–Trinajstić information content (AvgIpc) is 2.58. The van der Waals surface area contributed by atoms with Crippen molar-refractivity contribution in [1.29, 1.82) is 0 Å². The highest BCUT2D eigenvalue weighted by Crippen LogP contribution is 2.42. The Balaban J connectivity index is 2.92. The van der Waals surface area contributed by atoms with Gasteiger partial charge in [0.1, 0.15) is 0 Å². The average molecular weight is 371 g/mol. The minimum absolute atomic E-state index is 0.311. The molecule has 0 spiro atoms. The molecule has 0 bridgehead atoms. The first kappa shape index (κ1) is 22.6. The quantitative estimate of drug-likeness (QED) is 0.320. The highest BCUT2D eigenvalue weighted by Gasteiger charge is 2.46. The summed E-state index contributed by atoms with van der Waals surface area (Å²) in [6, 6.07) is 10.4. The van der Waals surface area contributed by atoms with Gasteiger partial charge in [0.2, 0.25) is 0 Å². The van der Waals surface area contributed by atoms with Gasteiger partial charge in [0.15, 0.2) is 0 Å². The number of benzene rings is 1. The van der Waals surface area contributed by atoms with Crippen molar-refractivity contribution in [1.82, 2.24) is 0 Å². The lowest BCUT2D eigenvalue weighted by Gasteiger charge is -2.39. The Morgan fingerprint density at radius 1 is 1.00 bits per heavy atom. The zero-order valence-electron chi connectivity index (χ0n) is 17.9. The van der Waals surface area contributed by atoms with E-state index in [1.54, 1.807) is 0 Å². The SMILES string of the molecule is C=C(CC(C#CO[Si](C(C)C)(C(C)C)C(C)C)CCC)c1ccccc1. The Labute approximate surface area is 163 Å². The second-order valence-corrected chi connectivity index (χ2v) is 13.7. The highest BCUT2D eigenvalue weighted by atomic mass is 28.4. The van der Waals surface area contributed by atoms with Crippen LogP contribution in [-0.2, 0) is 4.43 Å². The molecule has 1 atom stereocenters. The summed E-state index contributed by atoms with van der Waals surface area (Å²) in [5, 5.41) is 0. The third-order valence-corrected chi connectivity index (χ3v) is 11.4. The van der Waals surface area contributed by atoms with Gasteiger partial charge in [-0.1, -0.05) is 97.7 Å². The van der Waals surface area contributed by atoms with Crippen LogP contribution in [0.25, 0.3) is 5.57 Å². The maximum atomic E-state index is 6.43. The Morgan fingerprint density at radius 2 is 1.54 bits per heavy atom. The van der Waals surface area contributed by atoms with Gasteiger partial charge in [-0.15, -0.1) is 0 Å². The van der Waals surface area contributed by atoms with Gasteiger partial charge in [0, 0.05) is 5.92 Å². The van der Waals surface area contributed by atoms with Crippen molar-refractivity contribution in [2.45, 2.75) is 84.4 Å². The predicted molar refractivity (Wildman–Crippen MR) is 118 cm³/mol. The van der Waals surface area contributed by atoms with E-state index in [4.69, 9.17) is 4.43 Å². The fraction of sp³-hybridized carbons (Fsp3) is 0.583. The van der Waals surface area contributed by atoms with Crippen LogP contribution in [0.1, 0.15) is 73.3 Å². The van der Waals surface area contributed by atoms with Gasteiger partial charge in [-0.25, -0.2) is 0 Å². The molecule has 144 valence electrons. The molecule has 0 aliphatic rings. The molecular weight excluding hydrogens is 332 g/mol. The summed E-state index contributed by atoms with van der Waals surface area (Å²) in [7, 11) is -1.92. The molecule has 2 heteroatoms. The first-order valence-corrected chi connectivity index (χ1v) is 12.3. The lowest BCUT2D eigenvalue weighted by atomic mass is 9.93. The molecule has 0 aromatic heterocycles. The van der Waals surface area contributed by atoms with Crippen LogP contribution < -0.4 is 0 Å². The molecule has 1 nitrogen and oxygen atoms in total. The van der Waals surface area contributed by atoms with Gasteiger partial charge in [-0.2, -0.15) is 0 Å². The van der Waals surface area contributed by atoms with E-state index in [2.05, 4.69) is 91.3 Å². The predicted octanol–water partition coefficient (Wildman–Crippen LogP) is 7.66. The first-order valence-electron chi connectivity index (χ1n) is 10.2. The molecule has 0 heterocycles. The molecule has 1 rings (SSSR count). The lowest BCUT2D eigenvalue weighted by Crippen LogP contribution is -2.46. The van der Waals surface area contributed by atoms with Crippen LogP contribution in [0.5, 0.6) is 0 Å². The molecular formula is C24H38OSi. The minimum Gasteiger partial charge on any atom is -0.500 e. The smallest absolute Gasteiger partial charge is 0.272 e. The first-order chi connectivity index (χ1) is 12.3. The van der Waals surface area contributed by atoms with Gasteiger partial charge < -0.3 is 4.43 Å². The normalized spacial score (nSPS) is 12.8. The largest absolute Gasteiger partial charge is 0.500 e. The van der Waals surface area contributed by atoms with Gasteiger partial charge in [0.25, 0.3) is 8.32 Å². The summed E-state index contributed by atoms with van der Waals surface area (Å²) in [6.07, 6.45) is 6.31. The topological polar surface area (TPSA) is 9.23 Å². The van der Waals surface area contributed by atoms with E-state index in [0.717, 1.165) is 19.3 Å². The van der Waals surface area contributed by atoms with E-state index < -0.39 is 8.32 Å². The molecule has 0 radical (unpaired) electrons. The molecule has 26 heavy (non-hydrogen) atoms. The van der Waals surface area contributed by atoms with Crippen molar-refractivity contribution in [2.24, 2.45) is 5.92 Å². The second-order valence-electron chi connectivity index (χ2n) is 8.33. The maximum Gasteiger partial charge on any atom is 0.272 e. The third kappa shape index (κ3) is 5.78. The summed E-state index contributed by atoms with van der Waals surface area (Å²) < 4.78 is 6.43. The van der Waals surface area contributed by atoms with Gasteiger partial charge in [-0.3, -0.25) is 0 Å². The van der Waals surface area contributed by atoms with Crippen molar-refractivity contribution < 1.29 is 4.43 Å². The molecule has 0 aliphatic heterocycles. The molecule has 1 aromatic rings. The van der Waals surface area contributed by atoms with Crippen LogP contribution in [-0.4, -0.2) is 8.32 Å². The monoisotopic (exact) mass is 370 g/mol. The zero-order chi connectivity index (χ0) is 19.7. The summed E-state index contributed by atoms with van der Waals surface area (Å²) in [5.74, 6) is 3.75. The fourth-order valence-corrected chi connectivity index (χ4v) is 9.16. The highest BCUT2D eigenvalue weighted by molar-refractivity contribution is 6.77. The van der Waals surface area contributed by atoms with Gasteiger partial charge >= 0.3 is 0 Å². The molecule has 1 unspecified atom stereocenters. The van der Waals surface area contributed by atoms with Crippen LogP contribution >= 0.6 is 0 Å². The fourth-order valence-electron chi connectivity index (χ4n) is 4.22. The van der Waals surface area contributed by atoms with E-state index in [0.29, 0.717) is 22.5 Å². The summed E-state index contributed by atoms with van der Waals surface area (Å²) in [6.45, 7) is 20.3. The third-order valence-electron chi connectivity index (χ3n) is 5.51. The molecule has 0 amide bonds. The van der Waals surface area contributed by atoms with Crippen LogP contribution in [0.4, 0.5) is 0 Å². The van der Waals surface area contributed by atoms with E-state index in [9.17, 15) is 0 Å². The molecule has 1 aromatic carbocycles. The Morgan fingerprint density at radius 3 is 2.00 bits per heavy atom. The number of hydrogen-bond donors (Lipinski definition) is 0. The Hall–Kier alpha value is -1.46. The van der Waals surface area contributed by atoms with E-state index >= 15 is 0 Å². The van der Waals surface area contributed by atoms with Crippen molar-refractivity contribution >= 4 is 13.9 Å². The molecule has 0 aliphatic carbocycles. The summed E-state index contributed by atoms with van der Waals surface area (Å²) in [5.41, 5.74) is 4.05. The van der Waals surface area contributed by atoms with E-state index in [-0.39, 0.29) is 0 Å². The van der Waals surface area contributed by atoms with Crippen LogP contribution in [0.2, 0.25) is 16.6 Å². The number of allylic oxidation sites excluding steroid dienone is 1. The molecule has 0 fully saturated rings. The van der Waals surface area contributed by atoms with Gasteiger partial charge in [-0.05, 0) is 40.6 Å². The van der Waals surface area contributed by atoms with Crippen LogP contribution in [0, 0.1) is 17.9 Å². The zero-order valence-corrected chi connectivity index (χ0v) is 18.9. The Bertz CT molecular complexity index is 582. The van der Waals surface area contributed by atoms with Crippen molar-refractivity contribution in [2.75, 3.05) is 0 Å². The summed E-state index contributed by atoms with van der Waals surface area (Å²) in [4.78, 5) is 0. The van der Waals surface area contributed by atoms with Crippen molar-refractivity contribution in [3.05, 3.63) is 42.5 Å². The van der Waals surface area contributed by atoms with Gasteiger partial charge in [0.05, 0.1) is 6.11 Å². The lowest BCUT2D eigenvalue weighted by molar-refractivity contribution is 0.444. The van der Waals surface area contributed by atoms with Crippen LogP contribution in [0.15, 0.2) is 36.9 Å². The molecule has 0 N–H and O–H groups in total. The maximum absolute atomic E-state index is 6.43. The van der Waals surface area contributed by atoms with E-state index in [1.165, 1.54) is 11.1 Å². The van der Waals surface area contributed by atoms with Crippen LogP contribution in [0.3, 0.4) is 0 Å². The molecule has 0 saturated carbocycles. The molecule has 0 saturated heterocycles. The standard InChI is InChI=1S/C24H38OSi/c1-9-13-23(18-22(8)24-14-11-10-12-15-24)16-17-25-26(19(2)3,20(4)5)21(6)7/h10-12,14-15,19-21,23H,8-9,13,18H2,1-7H3. The Kier molecular flexibility index (Phi) is 9.23. The minimum atomic E-state index is -1.92. The number of rotatable bonds is 9.